The number of carbonyl (C=O) groups excluding carboxylic acids is 1. The van der Waals surface area contributed by atoms with E-state index in [2.05, 4.69) is 45.9 Å². The van der Waals surface area contributed by atoms with E-state index in [0.29, 0.717) is 17.3 Å². The van der Waals surface area contributed by atoms with Gasteiger partial charge in [-0.2, -0.15) is 0 Å². The van der Waals surface area contributed by atoms with Gasteiger partial charge in [-0.25, -0.2) is 0 Å². The van der Waals surface area contributed by atoms with Crippen LogP contribution in [0.4, 0.5) is 0 Å². The third-order valence-corrected chi connectivity index (χ3v) is 5.20. The van der Waals surface area contributed by atoms with Crippen molar-refractivity contribution in [2.75, 3.05) is 0 Å². The summed E-state index contributed by atoms with van der Waals surface area (Å²) in [4.78, 5) is 10.3. The van der Waals surface area contributed by atoms with Gasteiger partial charge in [0, 0.05) is 6.42 Å². The molecule has 1 aliphatic rings. The summed E-state index contributed by atoms with van der Waals surface area (Å²) in [7, 11) is 0. The monoisotopic (exact) mass is 286 g/mol. The van der Waals surface area contributed by atoms with Crippen LogP contribution in [0.3, 0.4) is 0 Å². The van der Waals surface area contributed by atoms with E-state index in [9.17, 15) is 4.79 Å². The average molecular weight is 286 g/mol. The second-order valence-corrected chi connectivity index (χ2v) is 7.91. The van der Waals surface area contributed by atoms with Gasteiger partial charge >= 0.3 is 0 Å². The van der Waals surface area contributed by atoms with Crippen LogP contribution in [0.1, 0.15) is 82.9 Å². The van der Waals surface area contributed by atoms with Crippen LogP contribution in [0.5, 0.6) is 0 Å². The molecule has 21 heavy (non-hydrogen) atoms. The van der Waals surface area contributed by atoms with Crippen molar-refractivity contribution in [1.82, 2.24) is 0 Å². The van der Waals surface area contributed by atoms with Crippen molar-refractivity contribution in [2.24, 2.45) is 0 Å². The van der Waals surface area contributed by atoms with Crippen LogP contribution in [-0.4, -0.2) is 6.29 Å². The molecule has 0 amide bonds. The minimum Gasteiger partial charge on any atom is -0.303 e. The predicted molar refractivity (Wildman–Crippen MR) is 90.0 cm³/mol. The normalized spacial score (nSPS) is 19.0. The molecule has 0 atom stereocenters. The van der Waals surface area contributed by atoms with Crippen molar-refractivity contribution in [3.05, 3.63) is 34.9 Å². The fourth-order valence-electron chi connectivity index (χ4n) is 3.52. The largest absolute Gasteiger partial charge is 0.303 e. The van der Waals surface area contributed by atoms with E-state index in [4.69, 9.17) is 0 Å². The first-order valence-corrected chi connectivity index (χ1v) is 8.44. The Morgan fingerprint density at radius 1 is 0.952 bits per heavy atom. The molecular formula is C20H30O. The van der Waals surface area contributed by atoms with Crippen LogP contribution in [0.25, 0.3) is 0 Å². The first-order valence-electron chi connectivity index (χ1n) is 8.44. The molecule has 1 aromatic carbocycles. The van der Waals surface area contributed by atoms with Gasteiger partial charge in [-0.05, 0) is 59.6 Å². The van der Waals surface area contributed by atoms with Crippen molar-refractivity contribution in [1.29, 1.82) is 0 Å². The summed E-state index contributed by atoms with van der Waals surface area (Å²) in [6.45, 7) is 9.52. The minimum absolute atomic E-state index is 0.304. The number of fused-ring (bicyclic) bond motifs is 1. The molecule has 0 fully saturated rings. The molecule has 0 heterocycles. The van der Waals surface area contributed by atoms with Gasteiger partial charge in [-0.3, -0.25) is 0 Å². The van der Waals surface area contributed by atoms with Gasteiger partial charge in [0.25, 0.3) is 0 Å². The van der Waals surface area contributed by atoms with Gasteiger partial charge in [0.05, 0.1) is 0 Å². The SMILES string of the molecule is CC1(C)CCC(C)(C)c2cc(CCCCCC=O)ccc21. The second-order valence-electron chi connectivity index (χ2n) is 7.91. The summed E-state index contributed by atoms with van der Waals surface area (Å²) in [5.74, 6) is 0. The first-order chi connectivity index (χ1) is 9.87. The fourth-order valence-corrected chi connectivity index (χ4v) is 3.52. The van der Waals surface area contributed by atoms with Crippen LogP contribution >= 0.6 is 0 Å². The molecule has 0 saturated heterocycles. The van der Waals surface area contributed by atoms with Crippen LogP contribution in [0.2, 0.25) is 0 Å². The Morgan fingerprint density at radius 2 is 1.62 bits per heavy atom. The summed E-state index contributed by atoms with van der Waals surface area (Å²) in [6.07, 6.45) is 8.82. The zero-order valence-corrected chi connectivity index (χ0v) is 14.2. The lowest BCUT2D eigenvalue weighted by Crippen LogP contribution is -2.33. The number of aldehydes is 1. The van der Waals surface area contributed by atoms with Crippen LogP contribution in [0.15, 0.2) is 18.2 Å². The lowest BCUT2D eigenvalue weighted by Gasteiger charge is -2.42. The van der Waals surface area contributed by atoms with Crippen molar-refractivity contribution in [2.45, 2.75) is 83.5 Å². The highest BCUT2D eigenvalue weighted by Crippen LogP contribution is 2.45. The number of rotatable bonds is 6. The number of carbonyl (C=O) groups is 1. The Balaban J connectivity index is 2.12. The quantitative estimate of drug-likeness (QED) is 0.510. The van der Waals surface area contributed by atoms with E-state index >= 15 is 0 Å². The summed E-state index contributed by atoms with van der Waals surface area (Å²) < 4.78 is 0. The summed E-state index contributed by atoms with van der Waals surface area (Å²) in [5, 5.41) is 0. The molecule has 1 heteroatoms. The number of hydrogen-bond donors (Lipinski definition) is 0. The maximum atomic E-state index is 10.3. The van der Waals surface area contributed by atoms with E-state index in [1.165, 1.54) is 24.8 Å². The van der Waals surface area contributed by atoms with E-state index in [1.54, 1.807) is 11.1 Å². The smallest absolute Gasteiger partial charge is 0.119 e. The minimum atomic E-state index is 0.304. The second kappa shape index (κ2) is 6.34. The molecule has 1 aromatic rings. The Morgan fingerprint density at radius 3 is 2.29 bits per heavy atom. The van der Waals surface area contributed by atoms with Gasteiger partial charge in [0.1, 0.15) is 6.29 Å². The highest BCUT2D eigenvalue weighted by atomic mass is 16.1. The molecular weight excluding hydrogens is 256 g/mol. The molecule has 1 aliphatic carbocycles. The fraction of sp³-hybridized carbons (Fsp3) is 0.650. The third kappa shape index (κ3) is 3.75. The molecule has 0 spiro atoms. The zero-order valence-electron chi connectivity index (χ0n) is 14.2. The van der Waals surface area contributed by atoms with Gasteiger partial charge < -0.3 is 4.79 Å². The van der Waals surface area contributed by atoms with Crippen molar-refractivity contribution in [3.8, 4) is 0 Å². The topological polar surface area (TPSA) is 17.1 Å². The maximum absolute atomic E-state index is 10.3. The van der Waals surface area contributed by atoms with Gasteiger partial charge in [0.15, 0.2) is 0 Å². The highest BCUT2D eigenvalue weighted by Gasteiger charge is 2.36. The predicted octanol–water partition coefficient (Wildman–Crippen LogP) is 5.34. The molecule has 0 saturated carbocycles. The van der Waals surface area contributed by atoms with Crippen molar-refractivity contribution >= 4 is 6.29 Å². The number of benzene rings is 1. The maximum Gasteiger partial charge on any atom is 0.119 e. The summed E-state index contributed by atoms with van der Waals surface area (Å²) >= 11 is 0. The van der Waals surface area contributed by atoms with Gasteiger partial charge in [0.2, 0.25) is 0 Å². The third-order valence-electron chi connectivity index (χ3n) is 5.20. The van der Waals surface area contributed by atoms with Crippen molar-refractivity contribution < 1.29 is 4.79 Å². The molecule has 0 bridgehead atoms. The first kappa shape index (κ1) is 16.3. The van der Waals surface area contributed by atoms with Gasteiger partial charge in [-0.15, -0.1) is 0 Å². The molecule has 0 N–H and O–H groups in total. The van der Waals surface area contributed by atoms with Crippen LogP contribution in [-0.2, 0) is 22.0 Å². The Kier molecular flexibility index (Phi) is 4.91. The Labute approximate surface area is 130 Å². The number of aryl methyl sites for hydroxylation is 1. The van der Waals surface area contributed by atoms with E-state index in [0.717, 1.165) is 25.5 Å². The molecule has 0 unspecified atom stereocenters. The summed E-state index contributed by atoms with van der Waals surface area (Å²) in [6, 6.07) is 7.15. The molecule has 2 rings (SSSR count). The lowest BCUT2D eigenvalue weighted by atomic mass is 9.63. The molecule has 0 aliphatic heterocycles. The standard InChI is InChI=1S/C20H30O/c1-19(2)12-13-20(3,4)18-15-16(10-11-17(18)19)9-7-5-6-8-14-21/h10-11,14-15H,5-9,12-13H2,1-4H3. The molecule has 0 aromatic heterocycles. The summed E-state index contributed by atoms with van der Waals surface area (Å²) in [5.41, 5.74) is 5.18. The van der Waals surface area contributed by atoms with E-state index in [-0.39, 0.29) is 0 Å². The molecule has 116 valence electrons. The zero-order chi connectivity index (χ0) is 15.5. The number of unbranched alkanes of at least 4 members (excludes halogenated alkanes) is 3. The van der Waals surface area contributed by atoms with E-state index in [1.807, 2.05) is 0 Å². The van der Waals surface area contributed by atoms with Gasteiger partial charge in [-0.1, -0.05) is 52.3 Å². The van der Waals surface area contributed by atoms with Crippen LogP contribution < -0.4 is 0 Å². The number of hydrogen-bond acceptors (Lipinski definition) is 1. The lowest BCUT2D eigenvalue weighted by molar-refractivity contribution is -0.107. The Bertz CT molecular complexity index is 497. The molecule has 0 radical (unpaired) electrons. The highest BCUT2D eigenvalue weighted by molar-refractivity contribution is 5.49. The van der Waals surface area contributed by atoms with Crippen LogP contribution in [0, 0.1) is 0 Å². The average Bonchev–Trinajstić information content (AvgIpc) is 2.44. The molecule has 1 nitrogen and oxygen atoms in total. The van der Waals surface area contributed by atoms with Crippen molar-refractivity contribution in [3.63, 3.8) is 0 Å². The van der Waals surface area contributed by atoms with E-state index < -0.39 is 0 Å². The Hall–Kier alpha value is -1.11.